The largest absolute Gasteiger partial charge is 0.373 e. The average Bonchev–Trinajstić information content (AvgIpc) is 3.71. The van der Waals surface area contributed by atoms with Gasteiger partial charge in [0, 0.05) is 63.5 Å². The molecule has 7 rings (SSSR count). The first-order valence-corrected chi connectivity index (χ1v) is 15.0. The van der Waals surface area contributed by atoms with Crippen molar-refractivity contribution in [2.45, 2.75) is 32.1 Å². The lowest BCUT2D eigenvalue weighted by molar-refractivity contribution is -0.133. The third kappa shape index (κ3) is 5.66. The number of rotatable bonds is 8. The predicted molar refractivity (Wildman–Crippen MR) is 161 cm³/mol. The Morgan fingerprint density at radius 1 is 1.09 bits per heavy atom. The second-order valence-corrected chi connectivity index (χ2v) is 11.9. The number of likely N-dealkylation sites (N-methyl/N-ethyl adjacent to an activating group) is 1. The fourth-order valence-corrected chi connectivity index (χ4v) is 6.71. The summed E-state index contributed by atoms with van der Waals surface area (Å²) in [7, 11) is 2.08. The molecule has 4 aromatic rings. The number of amides is 1. The molecule has 0 radical (unpaired) electrons. The van der Waals surface area contributed by atoms with Gasteiger partial charge in [-0.15, -0.1) is 5.10 Å². The van der Waals surface area contributed by atoms with Crippen LogP contribution < -0.4 is 10.2 Å². The zero-order valence-corrected chi connectivity index (χ0v) is 24.3. The van der Waals surface area contributed by atoms with Gasteiger partial charge in [-0.1, -0.05) is 18.2 Å². The number of carbonyl (C=O) groups excluding carboxylic acids is 1. The zero-order chi connectivity index (χ0) is 29.3. The molecule has 3 aliphatic rings. The SMILES string of the molecule is CN1CCN(C(=O)Cn2cc(Nc3nc4c(N5CC6CCC(C5)C6OCc5ccccc5C#N)cccn4n3)cn2)CC1. The molecule has 5 heterocycles. The van der Waals surface area contributed by atoms with Crippen molar-refractivity contribution in [3.05, 3.63) is 66.1 Å². The molecular weight excluding hydrogens is 544 g/mol. The minimum Gasteiger partial charge on any atom is -0.373 e. The molecule has 43 heavy (non-hydrogen) atoms. The summed E-state index contributed by atoms with van der Waals surface area (Å²) in [6, 6.07) is 14.1. The number of nitrogens with one attached hydrogen (secondary N) is 1. The van der Waals surface area contributed by atoms with Crippen molar-refractivity contribution < 1.29 is 9.53 Å². The minimum absolute atomic E-state index is 0.0772. The summed E-state index contributed by atoms with van der Waals surface area (Å²) in [4.78, 5) is 24.1. The Morgan fingerprint density at radius 2 is 1.88 bits per heavy atom. The predicted octanol–water partition coefficient (Wildman–Crippen LogP) is 2.75. The van der Waals surface area contributed by atoms with Crippen LogP contribution in [0.2, 0.25) is 0 Å². The normalized spacial score (nSPS) is 22.2. The number of hydrogen-bond donors (Lipinski definition) is 1. The number of nitriles is 1. The van der Waals surface area contributed by atoms with Crippen LogP contribution in [0.4, 0.5) is 17.3 Å². The molecule has 1 amide bonds. The number of fused-ring (bicyclic) bond motifs is 3. The highest BCUT2D eigenvalue weighted by Crippen LogP contribution is 2.41. The first kappa shape index (κ1) is 27.4. The fraction of sp³-hybridized carbons (Fsp3) is 0.452. The summed E-state index contributed by atoms with van der Waals surface area (Å²) in [5.41, 5.74) is 4.22. The summed E-state index contributed by atoms with van der Waals surface area (Å²) in [6.45, 7) is 5.75. The molecule has 0 spiro atoms. The quantitative estimate of drug-likeness (QED) is 0.335. The number of hydrogen-bond acceptors (Lipinski definition) is 9. The molecule has 2 bridgehead atoms. The molecule has 12 nitrogen and oxygen atoms in total. The summed E-state index contributed by atoms with van der Waals surface area (Å²) >= 11 is 0. The van der Waals surface area contributed by atoms with E-state index < -0.39 is 0 Å². The lowest BCUT2D eigenvalue weighted by atomic mass is 9.94. The van der Waals surface area contributed by atoms with E-state index in [-0.39, 0.29) is 18.6 Å². The molecular formula is C31H36N10O2. The monoisotopic (exact) mass is 580 g/mol. The van der Waals surface area contributed by atoms with Gasteiger partial charge >= 0.3 is 0 Å². The highest BCUT2D eigenvalue weighted by molar-refractivity contribution is 5.76. The number of piperazine rings is 1. The lowest BCUT2D eigenvalue weighted by Gasteiger charge is -2.39. The highest BCUT2D eigenvalue weighted by Gasteiger charge is 2.43. The third-order valence-electron chi connectivity index (χ3n) is 9.04. The van der Waals surface area contributed by atoms with Crippen LogP contribution in [-0.2, 0) is 22.7 Å². The summed E-state index contributed by atoms with van der Waals surface area (Å²) in [6.07, 6.45) is 7.88. The van der Waals surface area contributed by atoms with Crippen LogP contribution >= 0.6 is 0 Å². The van der Waals surface area contributed by atoms with Crippen molar-refractivity contribution in [2.24, 2.45) is 11.8 Å². The molecule has 2 atom stereocenters. The maximum Gasteiger partial charge on any atom is 0.247 e. The van der Waals surface area contributed by atoms with Gasteiger partial charge in [0.05, 0.1) is 41.9 Å². The second-order valence-electron chi connectivity index (χ2n) is 11.9. The van der Waals surface area contributed by atoms with E-state index in [9.17, 15) is 10.1 Å². The van der Waals surface area contributed by atoms with Crippen molar-refractivity contribution in [3.8, 4) is 6.07 Å². The minimum atomic E-state index is 0.0772. The second kappa shape index (κ2) is 11.7. The maximum absolute atomic E-state index is 12.7. The molecule has 1 aromatic carbocycles. The van der Waals surface area contributed by atoms with Crippen LogP contribution in [0, 0.1) is 23.2 Å². The molecule has 1 N–H and O–H groups in total. The topological polar surface area (TPSA) is 120 Å². The Balaban J connectivity index is 1.00. The molecule has 2 saturated heterocycles. The Bertz CT molecular complexity index is 1640. The third-order valence-corrected chi connectivity index (χ3v) is 9.04. The van der Waals surface area contributed by atoms with Crippen molar-refractivity contribution in [3.63, 3.8) is 0 Å². The van der Waals surface area contributed by atoms with Crippen LogP contribution in [0.15, 0.2) is 55.0 Å². The van der Waals surface area contributed by atoms with E-state index >= 15 is 0 Å². The van der Waals surface area contributed by atoms with Crippen LogP contribution in [-0.4, -0.2) is 92.5 Å². The van der Waals surface area contributed by atoms with Crippen molar-refractivity contribution in [2.75, 3.05) is 56.5 Å². The van der Waals surface area contributed by atoms with Gasteiger partial charge in [-0.2, -0.15) is 15.3 Å². The van der Waals surface area contributed by atoms with Crippen LogP contribution in [0.3, 0.4) is 0 Å². The Labute approximate surface area is 250 Å². The molecule has 3 aromatic heterocycles. The van der Waals surface area contributed by atoms with Gasteiger partial charge in [-0.3, -0.25) is 9.48 Å². The first-order valence-electron chi connectivity index (χ1n) is 15.0. The summed E-state index contributed by atoms with van der Waals surface area (Å²) in [5, 5.41) is 21.7. The van der Waals surface area contributed by atoms with E-state index in [1.807, 2.05) is 52.1 Å². The Morgan fingerprint density at radius 3 is 2.67 bits per heavy atom. The molecule has 12 heteroatoms. The van der Waals surface area contributed by atoms with E-state index in [2.05, 4.69) is 44.5 Å². The number of aromatic nitrogens is 5. The molecule has 2 unspecified atom stereocenters. The molecule has 1 aliphatic carbocycles. The van der Waals surface area contributed by atoms with E-state index in [1.54, 1.807) is 10.9 Å². The lowest BCUT2D eigenvalue weighted by Crippen LogP contribution is -2.48. The number of ether oxygens (including phenoxy) is 1. The van der Waals surface area contributed by atoms with Gasteiger partial charge in [-0.05, 0) is 43.7 Å². The molecule has 2 aliphatic heterocycles. The highest BCUT2D eigenvalue weighted by atomic mass is 16.5. The first-order chi connectivity index (χ1) is 21.0. The van der Waals surface area contributed by atoms with E-state index in [0.717, 1.165) is 74.7 Å². The summed E-state index contributed by atoms with van der Waals surface area (Å²) < 4.78 is 9.92. The number of anilines is 3. The van der Waals surface area contributed by atoms with Gasteiger partial charge in [0.15, 0.2) is 5.65 Å². The van der Waals surface area contributed by atoms with E-state index in [4.69, 9.17) is 9.72 Å². The number of piperidine rings is 1. The molecule has 1 saturated carbocycles. The smallest absolute Gasteiger partial charge is 0.247 e. The van der Waals surface area contributed by atoms with Crippen molar-refractivity contribution in [1.82, 2.24) is 34.2 Å². The van der Waals surface area contributed by atoms with Gasteiger partial charge in [0.1, 0.15) is 6.54 Å². The van der Waals surface area contributed by atoms with Crippen LogP contribution in [0.5, 0.6) is 0 Å². The van der Waals surface area contributed by atoms with Gasteiger partial charge in [0.2, 0.25) is 11.9 Å². The van der Waals surface area contributed by atoms with Crippen molar-refractivity contribution in [1.29, 1.82) is 5.26 Å². The average molecular weight is 581 g/mol. The van der Waals surface area contributed by atoms with Crippen LogP contribution in [0.1, 0.15) is 24.0 Å². The van der Waals surface area contributed by atoms with Crippen LogP contribution in [0.25, 0.3) is 5.65 Å². The van der Waals surface area contributed by atoms with Gasteiger partial charge in [-0.25, -0.2) is 4.52 Å². The Kier molecular flexibility index (Phi) is 7.42. The number of nitrogens with zero attached hydrogens (tertiary/aromatic N) is 9. The van der Waals surface area contributed by atoms with Gasteiger partial charge < -0.3 is 24.8 Å². The molecule has 3 fully saturated rings. The van der Waals surface area contributed by atoms with Crippen molar-refractivity contribution >= 4 is 28.9 Å². The number of pyridine rings is 1. The fourth-order valence-electron chi connectivity index (χ4n) is 6.71. The Hall–Kier alpha value is -4.47. The standard InChI is InChI=1S/C31H36N10O2/c1-37-11-13-38(14-12-37)28(42)20-40-19-26(16-33-40)34-31-35-30-27(7-4-10-41(30)36-31)39-17-23-8-9-24(18-39)29(23)43-21-25-6-3-2-5-22(25)15-32/h2-7,10,16,19,23-24,29H,8-9,11-14,17-18,20-21H2,1H3,(H,34,36). The molecule has 222 valence electrons. The van der Waals surface area contributed by atoms with E-state index in [0.29, 0.717) is 30.0 Å². The summed E-state index contributed by atoms with van der Waals surface area (Å²) in [5.74, 6) is 1.41. The van der Waals surface area contributed by atoms with E-state index in [1.165, 1.54) is 0 Å². The number of carbonyl (C=O) groups is 1. The number of benzene rings is 1. The zero-order valence-electron chi connectivity index (χ0n) is 24.3. The van der Waals surface area contributed by atoms with Gasteiger partial charge in [0.25, 0.3) is 0 Å². The maximum atomic E-state index is 12.7.